The molecule has 104 valence electrons. The van der Waals surface area contributed by atoms with Gasteiger partial charge in [-0.15, -0.1) is 5.10 Å². The molecule has 0 unspecified atom stereocenters. The Labute approximate surface area is 113 Å². The average Bonchev–Trinajstić information content (AvgIpc) is 3.18. The highest BCUT2D eigenvalue weighted by Crippen LogP contribution is 2.43. The number of hydrogen-bond acceptors (Lipinski definition) is 4. The fraction of sp³-hybridized carbons (Fsp3) is 0.786. The van der Waals surface area contributed by atoms with Crippen LogP contribution in [0.25, 0.3) is 0 Å². The van der Waals surface area contributed by atoms with E-state index >= 15 is 0 Å². The average molecular weight is 263 g/mol. The minimum absolute atomic E-state index is 0.313. The monoisotopic (exact) mass is 263 g/mol. The Morgan fingerprint density at radius 1 is 1.26 bits per heavy atom. The van der Waals surface area contributed by atoms with Gasteiger partial charge in [0.2, 0.25) is 0 Å². The number of rotatable bonds is 4. The number of ether oxygens (including phenoxy) is 1. The molecule has 1 heterocycles. The molecule has 2 aliphatic carbocycles. The van der Waals surface area contributed by atoms with E-state index in [4.69, 9.17) is 4.74 Å². The van der Waals surface area contributed by atoms with Crippen molar-refractivity contribution in [2.45, 2.75) is 63.8 Å². The number of carbonyl (C=O) groups excluding carboxylic acids is 1. The number of esters is 1. The predicted molar refractivity (Wildman–Crippen MR) is 70.1 cm³/mol. The van der Waals surface area contributed by atoms with E-state index in [0.29, 0.717) is 24.3 Å². The Morgan fingerprint density at radius 3 is 2.63 bits per heavy atom. The van der Waals surface area contributed by atoms with E-state index in [1.54, 1.807) is 0 Å². The van der Waals surface area contributed by atoms with Crippen LogP contribution < -0.4 is 0 Å². The summed E-state index contributed by atoms with van der Waals surface area (Å²) in [4.78, 5) is 12.0. The third-order valence-electron chi connectivity index (χ3n) is 4.08. The van der Waals surface area contributed by atoms with Crippen LogP contribution in [0.2, 0.25) is 0 Å². The van der Waals surface area contributed by atoms with Crippen molar-refractivity contribution in [3.8, 4) is 0 Å². The summed E-state index contributed by atoms with van der Waals surface area (Å²) in [6.45, 7) is 2.21. The van der Waals surface area contributed by atoms with Crippen LogP contribution in [0.5, 0.6) is 0 Å². The Bertz CT molecular complexity index is 459. The first-order valence-corrected chi connectivity index (χ1v) is 7.43. The van der Waals surface area contributed by atoms with Crippen molar-refractivity contribution in [2.24, 2.45) is 0 Å². The van der Waals surface area contributed by atoms with Gasteiger partial charge in [0, 0.05) is 5.92 Å². The largest absolute Gasteiger partial charge is 0.461 e. The summed E-state index contributed by atoms with van der Waals surface area (Å²) in [5, 5.41) is 8.38. The van der Waals surface area contributed by atoms with Crippen LogP contribution in [0.1, 0.15) is 80.0 Å². The number of carbonyl (C=O) groups is 1. The first-order valence-electron chi connectivity index (χ1n) is 7.43. The van der Waals surface area contributed by atoms with Crippen LogP contribution in [-0.4, -0.2) is 27.6 Å². The second-order valence-electron chi connectivity index (χ2n) is 5.55. The smallest absolute Gasteiger partial charge is 0.360 e. The van der Waals surface area contributed by atoms with E-state index in [-0.39, 0.29) is 5.97 Å². The van der Waals surface area contributed by atoms with Gasteiger partial charge >= 0.3 is 5.97 Å². The van der Waals surface area contributed by atoms with Crippen molar-refractivity contribution >= 4 is 5.97 Å². The number of nitrogens with zero attached hydrogens (tertiary/aromatic N) is 3. The van der Waals surface area contributed by atoms with Gasteiger partial charge in [-0.2, -0.15) is 0 Å². The van der Waals surface area contributed by atoms with Crippen LogP contribution in [0.4, 0.5) is 0 Å². The highest BCUT2D eigenvalue weighted by Gasteiger charge is 2.36. The fourth-order valence-electron chi connectivity index (χ4n) is 2.98. The maximum Gasteiger partial charge on any atom is 0.360 e. The van der Waals surface area contributed by atoms with Crippen molar-refractivity contribution in [3.05, 3.63) is 11.4 Å². The minimum Gasteiger partial charge on any atom is -0.461 e. The molecule has 0 atom stereocenters. The molecule has 0 aliphatic heterocycles. The van der Waals surface area contributed by atoms with E-state index < -0.39 is 0 Å². The van der Waals surface area contributed by atoms with Crippen molar-refractivity contribution in [1.29, 1.82) is 0 Å². The lowest BCUT2D eigenvalue weighted by atomic mass is 9.95. The Balaban J connectivity index is 1.89. The van der Waals surface area contributed by atoms with E-state index in [1.807, 2.05) is 11.6 Å². The van der Waals surface area contributed by atoms with Gasteiger partial charge in [0.15, 0.2) is 5.69 Å². The van der Waals surface area contributed by atoms with Crippen LogP contribution in [0.3, 0.4) is 0 Å². The quantitative estimate of drug-likeness (QED) is 0.784. The molecule has 2 saturated carbocycles. The molecular weight excluding hydrogens is 242 g/mol. The van der Waals surface area contributed by atoms with E-state index in [1.165, 1.54) is 19.3 Å². The molecule has 2 aliphatic rings. The Kier molecular flexibility index (Phi) is 3.53. The fourth-order valence-corrected chi connectivity index (χ4v) is 2.98. The lowest BCUT2D eigenvalue weighted by molar-refractivity contribution is 0.0518. The van der Waals surface area contributed by atoms with Crippen molar-refractivity contribution in [2.75, 3.05) is 6.61 Å². The van der Waals surface area contributed by atoms with Crippen molar-refractivity contribution in [3.63, 3.8) is 0 Å². The Morgan fingerprint density at radius 2 is 2.00 bits per heavy atom. The molecule has 0 amide bonds. The van der Waals surface area contributed by atoms with Crippen LogP contribution in [0.15, 0.2) is 0 Å². The standard InChI is InChI=1S/C14H21N3O2/c1-2-19-14(18)12-13(10-8-9-10)17(16-15-12)11-6-4-3-5-7-11/h10-11H,2-9H2,1H3. The third kappa shape index (κ3) is 2.51. The van der Waals surface area contributed by atoms with E-state index in [0.717, 1.165) is 31.4 Å². The summed E-state index contributed by atoms with van der Waals surface area (Å²) in [6.07, 6.45) is 8.43. The topological polar surface area (TPSA) is 57.0 Å². The first kappa shape index (κ1) is 12.6. The summed E-state index contributed by atoms with van der Waals surface area (Å²) in [7, 11) is 0. The van der Waals surface area contributed by atoms with Crippen LogP contribution in [0, 0.1) is 0 Å². The van der Waals surface area contributed by atoms with Gasteiger partial charge in [0.05, 0.1) is 18.3 Å². The third-order valence-corrected chi connectivity index (χ3v) is 4.08. The summed E-state index contributed by atoms with van der Waals surface area (Å²) in [5.74, 6) is 0.155. The maximum absolute atomic E-state index is 12.0. The minimum atomic E-state index is -0.313. The highest BCUT2D eigenvalue weighted by atomic mass is 16.5. The zero-order chi connectivity index (χ0) is 13.2. The predicted octanol–water partition coefficient (Wildman–Crippen LogP) is 2.84. The maximum atomic E-state index is 12.0. The van der Waals surface area contributed by atoms with Gasteiger partial charge in [-0.1, -0.05) is 24.5 Å². The normalized spacial score (nSPS) is 20.5. The van der Waals surface area contributed by atoms with Crippen LogP contribution >= 0.6 is 0 Å². The molecule has 2 fully saturated rings. The SMILES string of the molecule is CCOC(=O)c1nnn(C2CCCCC2)c1C1CC1. The lowest BCUT2D eigenvalue weighted by Gasteiger charge is -2.23. The molecule has 0 aromatic carbocycles. The summed E-state index contributed by atoms with van der Waals surface area (Å²) < 4.78 is 7.12. The molecule has 0 bridgehead atoms. The molecule has 0 N–H and O–H groups in total. The highest BCUT2D eigenvalue weighted by molar-refractivity contribution is 5.88. The molecule has 0 saturated heterocycles. The number of aromatic nitrogens is 3. The molecule has 1 aromatic rings. The summed E-state index contributed by atoms with van der Waals surface area (Å²) >= 11 is 0. The van der Waals surface area contributed by atoms with Crippen molar-refractivity contribution in [1.82, 2.24) is 15.0 Å². The van der Waals surface area contributed by atoms with Gasteiger partial charge in [-0.05, 0) is 32.6 Å². The zero-order valence-corrected chi connectivity index (χ0v) is 11.5. The second kappa shape index (κ2) is 5.31. The van der Waals surface area contributed by atoms with Crippen molar-refractivity contribution < 1.29 is 9.53 Å². The molecule has 19 heavy (non-hydrogen) atoms. The van der Waals surface area contributed by atoms with Crippen LogP contribution in [-0.2, 0) is 4.74 Å². The molecule has 5 nitrogen and oxygen atoms in total. The molecule has 0 spiro atoms. The lowest BCUT2D eigenvalue weighted by Crippen LogP contribution is -2.17. The zero-order valence-electron chi connectivity index (χ0n) is 11.5. The summed E-state index contributed by atoms with van der Waals surface area (Å²) in [5.41, 5.74) is 1.49. The van der Waals surface area contributed by atoms with Gasteiger partial charge in [0.1, 0.15) is 0 Å². The summed E-state index contributed by atoms with van der Waals surface area (Å²) in [6, 6.07) is 0.431. The van der Waals surface area contributed by atoms with Gasteiger partial charge < -0.3 is 4.74 Å². The molecule has 0 radical (unpaired) electrons. The van der Waals surface area contributed by atoms with E-state index in [2.05, 4.69) is 10.3 Å². The molecule has 3 rings (SSSR count). The Hall–Kier alpha value is -1.39. The van der Waals surface area contributed by atoms with Gasteiger partial charge in [-0.25, -0.2) is 9.48 Å². The molecular formula is C14H21N3O2. The molecule has 5 heteroatoms. The van der Waals surface area contributed by atoms with E-state index in [9.17, 15) is 4.79 Å². The second-order valence-corrected chi connectivity index (χ2v) is 5.55. The van der Waals surface area contributed by atoms with Gasteiger partial charge in [-0.3, -0.25) is 0 Å². The van der Waals surface area contributed by atoms with Gasteiger partial charge in [0.25, 0.3) is 0 Å². The first-order chi connectivity index (χ1) is 9.31. The molecule has 1 aromatic heterocycles. The number of hydrogen-bond donors (Lipinski definition) is 0.